The molecule has 0 aliphatic carbocycles. The van der Waals surface area contributed by atoms with Gasteiger partial charge in [0.1, 0.15) is 6.61 Å². The lowest BCUT2D eigenvalue weighted by Gasteiger charge is -2.38. The number of hydrogen-bond acceptors (Lipinski definition) is 6. The van der Waals surface area contributed by atoms with Gasteiger partial charge in [0.25, 0.3) is 0 Å². The Morgan fingerprint density at radius 3 is 2.69 bits per heavy atom. The van der Waals surface area contributed by atoms with Crippen molar-refractivity contribution < 1.29 is 24.9 Å². The Bertz CT molecular complexity index is 235. The predicted octanol–water partition coefficient (Wildman–Crippen LogP) is -1.80. The Morgan fingerprint density at radius 2 is 2.12 bits per heavy atom. The van der Waals surface area contributed by atoms with E-state index < -0.39 is 12.2 Å². The van der Waals surface area contributed by atoms with E-state index >= 15 is 0 Å². The van der Waals surface area contributed by atoms with Gasteiger partial charge in [-0.15, -0.1) is 0 Å². The van der Waals surface area contributed by atoms with Crippen LogP contribution in [0.3, 0.4) is 0 Å². The highest BCUT2D eigenvalue weighted by Crippen LogP contribution is 2.17. The van der Waals surface area contributed by atoms with Gasteiger partial charge in [0, 0.05) is 39.1 Å². The molecule has 0 aromatic carbocycles. The van der Waals surface area contributed by atoms with Crippen LogP contribution in [-0.2, 0) is 9.53 Å². The van der Waals surface area contributed by atoms with Crippen molar-refractivity contribution in [2.75, 3.05) is 32.8 Å². The topological polar surface area (TPSA) is 90.2 Å². The average Bonchev–Trinajstić information content (AvgIpc) is 2.22. The van der Waals surface area contributed by atoms with Crippen molar-refractivity contribution >= 4 is 5.97 Å². The van der Waals surface area contributed by atoms with Crippen molar-refractivity contribution in [2.45, 2.75) is 19.1 Å². The number of esters is 1. The zero-order valence-corrected chi connectivity index (χ0v) is 9.37. The highest BCUT2D eigenvalue weighted by molar-refractivity contribution is 5.65. The SMILES string of the molecule is CC(=O)OCCN1CC(O)C(O)C(CO)C1. The lowest BCUT2D eigenvalue weighted by atomic mass is 9.93. The lowest BCUT2D eigenvalue weighted by Crippen LogP contribution is -2.54. The monoisotopic (exact) mass is 233 g/mol. The fourth-order valence-corrected chi connectivity index (χ4v) is 1.87. The molecule has 0 bridgehead atoms. The van der Waals surface area contributed by atoms with Crippen LogP contribution in [0.25, 0.3) is 0 Å². The number of piperidine rings is 1. The molecular weight excluding hydrogens is 214 g/mol. The molecule has 0 aromatic rings. The molecule has 3 N–H and O–H groups in total. The number of carbonyl (C=O) groups excluding carboxylic acids is 1. The molecule has 0 amide bonds. The van der Waals surface area contributed by atoms with Crippen LogP contribution in [0.15, 0.2) is 0 Å². The molecule has 3 atom stereocenters. The minimum absolute atomic E-state index is 0.164. The van der Waals surface area contributed by atoms with E-state index in [1.807, 2.05) is 4.90 Å². The normalized spacial score (nSPS) is 31.4. The maximum Gasteiger partial charge on any atom is 0.302 e. The molecule has 6 heteroatoms. The third-order valence-corrected chi connectivity index (χ3v) is 2.76. The van der Waals surface area contributed by atoms with Crippen LogP contribution in [0.1, 0.15) is 6.92 Å². The molecule has 1 aliphatic heterocycles. The van der Waals surface area contributed by atoms with Crippen LogP contribution in [0, 0.1) is 5.92 Å². The first-order valence-electron chi connectivity index (χ1n) is 5.37. The van der Waals surface area contributed by atoms with E-state index in [9.17, 15) is 15.0 Å². The number of likely N-dealkylation sites (tertiary alicyclic amines) is 1. The summed E-state index contributed by atoms with van der Waals surface area (Å²) in [6.07, 6.45) is -1.74. The van der Waals surface area contributed by atoms with Crippen molar-refractivity contribution in [1.82, 2.24) is 4.90 Å². The second-order valence-electron chi connectivity index (χ2n) is 4.10. The van der Waals surface area contributed by atoms with Gasteiger partial charge in [-0.3, -0.25) is 9.69 Å². The Hall–Kier alpha value is -0.690. The van der Waals surface area contributed by atoms with Gasteiger partial charge in [0.05, 0.1) is 12.2 Å². The van der Waals surface area contributed by atoms with E-state index in [2.05, 4.69) is 0 Å². The second-order valence-corrected chi connectivity index (χ2v) is 4.10. The van der Waals surface area contributed by atoms with Crippen molar-refractivity contribution in [1.29, 1.82) is 0 Å². The molecular formula is C10H19NO5. The number of aliphatic hydroxyl groups excluding tert-OH is 3. The standard InChI is InChI=1S/C10H19NO5/c1-7(13)16-3-2-11-4-8(6-12)10(15)9(14)5-11/h8-10,12,14-15H,2-6H2,1H3. The minimum atomic E-state index is -0.880. The van der Waals surface area contributed by atoms with Crippen LogP contribution in [0.2, 0.25) is 0 Å². The van der Waals surface area contributed by atoms with Crippen molar-refractivity contribution in [2.24, 2.45) is 5.92 Å². The first-order chi connectivity index (χ1) is 7.54. The summed E-state index contributed by atoms with van der Waals surface area (Å²) in [5.41, 5.74) is 0. The van der Waals surface area contributed by atoms with Gasteiger partial charge in [0.2, 0.25) is 0 Å². The predicted molar refractivity (Wildman–Crippen MR) is 55.7 cm³/mol. The second kappa shape index (κ2) is 6.15. The van der Waals surface area contributed by atoms with Gasteiger partial charge in [0.15, 0.2) is 0 Å². The molecule has 0 spiro atoms. The van der Waals surface area contributed by atoms with Crippen LogP contribution < -0.4 is 0 Å². The molecule has 0 aromatic heterocycles. The van der Waals surface area contributed by atoms with Gasteiger partial charge >= 0.3 is 5.97 Å². The third kappa shape index (κ3) is 3.71. The number of rotatable bonds is 4. The molecule has 1 heterocycles. The average molecular weight is 233 g/mol. The summed E-state index contributed by atoms with van der Waals surface area (Å²) in [5, 5.41) is 28.1. The van der Waals surface area contributed by atoms with E-state index in [1.165, 1.54) is 6.92 Å². The maximum atomic E-state index is 10.6. The Morgan fingerprint density at radius 1 is 1.44 bits per heavy atom. The fourth-order valence-electron chi connectivity index (χ4n) is 1.87. The summed E-state index contributed by atoms with van der Waals surface area (Å²) in [5.74, 6) is -0.683. The molecule has 3 unspecified atom stereocenters. The van der Waals surface area contributed by atoms with Crippen LogP contribution in [0.5, 0.6) is 0 Å². The largest absolute Gasteiger partial charge is 0.465 e. The number of carbonyl (C=O) groups is 1. The number of hydrogen-bond donors (Lipinski definition) is 3. The smallest absolute Gasteiger partial charge is 0.302 e. The molecule has 6 nitrogen and oxygen atoms in total. The number of nitrogens with zero attached hydrogens (tertiary/aromatic N) is 1. The van der Waals surface area contributed by atoms with E-state index in [1.54, 1.807) is 0 Å². The van der Waals surface area contributed by atoms with Gasteiger partial charge in [-0.2, -0.15) is 0 Å². The molecule has 16 heavy (non-hydrogen) atoms. The zero-order valence-electron chi connectivity index (χ0n) is 9.37. The summed E-state index contributed by atoms with van der Waals surface area (Å²) in [7, 11) is 0. The maximum absolute atomic E-state index is 10.6. The van der Waals surface area contributed by atoms with Crippen LogP contribution >= 0.6 is 0 Å². The first-order valence-corrected chi connectivity index (χ1v) is 5.37. The Balaban J connectivity index is 2.35. The fraction of sp³-hybridized carbons (Fsp3) is 0.900. The van der Waals surface area contributed by atoms with Gasteiger partial charge < -0.3 is 20.1 Å². The van der Waals surface area contributed by atoms with Crippen molar-refractivity contribution in [3.8, 4) is 0 Å². The molecule has 1 saturated heterocycles. The highest BCUT2D eigenvalue weighted by Gasteiger charge is 2.33. The molecule has 1 rings (SSSR count). The minimum Gasteiger partial charge on any atom is -0.465 e. The van der Waals surface area contributed by atoms with E-state index in [-0.39, 0.29) is 25.1 Å². The van der Waals surface area contributed by atoms with E-state index in [0.29, 0.717) is 19.6 Å². The summed E-state index contributed by atoms with van der Waals surface area (Å²) >= 11 is 0. The molecule has 1 fully saturated rings. The summed E-state index contributed by atoms with van der Waals surface area (Å²) in [4.78, 5) is 12.4. The quantitative estimate of drug-likeness (QED) is 0.496. The Kier molecular flexibility index (Phi) is 5.14. The molecule has 1 aliphatic rings. The number of ether oxygens (including phenoxy) is 1. The zero-order chi connectivity index (χ0) is 12.1. The lowest BCUT2D eigenvalue weighted by molar-refractivity contribution is -0.142. The van der Waals surface area contributed by atoms with Gasteiger partial charge in [-0.05, 0) is 0 Å². The third-order valence-electron chi connectivity index (χ3n) is 2.76. The van der Waals surface area contributed by atoms with Crippen LogP contribution in [0.4, 0.5) is 0 Å². The molecule has 0 saturated carbocycles. The summed E-state index contributed by atoms with van der Waals surface area (Å²) < 4.78 is 4.79. The van der Waals surface area contributed by atoms with Crippen molar-refractivity contribution in [3.05, 3.63) is 0 Å². The Labute approximate surface area is 94.4 Å². The first kappa shape index (κ1) is 13.4. The van der Waals surface area contributed by atoms with E-state index in [4.69, 9.17) is 9.84 Å². The molecule has 0 radical (unpaired) electrons. The number of β-amino-alcohol motifs (C(OH)–C–C–N with tert-alkyl or cyclic N) is 1. The summed E-state index contributed by atoms with van der Waals surface area (Å²) in [6.45, 7) is 2.76. The number of aliphatic hydroxyl groups is 3. The highest BCUT2D eigenvalue weighted by atomic mass is 16.5. The van der Waals surface area contributed by atoms with Crippen LogP contribution in [-0.4, -0.2) is 71.2 Å². The van der Waals surface area contributed by atoms with Crippen molar-refractivity contribution in [3.63, 3.8) is 0 Å². The van der Waals surface area contributed by atoms with E-state index in [0.717, 1.165) is 0 Å². The molecule has 94 valence electrons. The van der Waals surface area contributed by atoms with Gasteiger partial charge in [-0.1, -0.05) is 0 Å². The van der Waals surface area contributed by atoms with Gasteiger partial charge in [-0.25, -0.2) is 0 Å². The summed E-state index contributed by atoms with van der Waals surface area (Å²) in [6, 6.07) is 0.